The van der Waals surface area contributed by atoms with Crippen molar-refractivity contribution in [2.24, 2.45) is 0 Å². The van der Waals surface area contributed by atoms with Crippen molar-refractivity contribution < 1.29 is 15.3 Å². The van der Waals surface area contributed by atoms with Gasteiger partial charge in [0, 0.05) is 6.54 Å². The number of hydrogen-bond donors (Lipinski definition) is 5. The molecule has 0 spiro atoms. The van der Waals surface area contributed by atoms with Crippen LogP contribution in [0.4, 0.5) is 0 Å². The fraction of sp³-hybridized carbons (Fsp3) is 1.00. The minimum absolute atomic E-state index is 0.248. The van der Waals surface area contributed by atoms with Gasteiger partial charge in [0.1, 0.15) is 12.3 Å². The van der Waals surface area contributed by atoms with Crippen molar-refractivity contribution in [2.75, 3.05) is 6.54 Å². The molecule has 1 saturated heterocycles. The summed E-state index contributed by atoms with van der Waals surface area (Å²) >= 11 is 0. The number of hydrazine groups is 1. The third kappa shape index (κ3) is 1.38. The van der Waals surface area contributed by atoms with Crippen LogP contribution in [0.25, 0.3) is 0 Å². The summed E-state index contributed by atoms with van der Waals surface area (Å²) in [7, 11) is 0. The molecule has 5 N–H and O–H groups in total. The number of hydrogen-bond acceptors (Lipinski definition) is 5. The van der Waals surface area contributed by atoms with Crippen molar-refractivity contribution in [3.8, 4) is 0 Å². The Morgan fingerprint density at radius 2 is 1.89 bits per heavy atom. The van der Waals surface area contributed by atoms with Crippen molar-refractivity contribution in [3.05, 3.63) is 0 Å². The van der Waals surface area contributed by atoms with E-state index < -0.39 is 18.4 Å². The molecule has 0 aromatic rings. The van der Waals surface area contributed by atoms with E-state index in [4.69, 9.17) is 15.3 Å². The summed E-state index contributed by atoms with van der Waals surface area (Å²) in [6, 6.07) is 0. The average Bonchev–Trinajstić information content (AvgIpc) is 1.83. The van der Waals surface area contributed by atoms with Crippen LogP contribution in [0, 0.1) is 0 Å². The molecule has 5 heteroatoms. The molecular formula is C4H10N2O3. The predicted molar refractivity (Wildman–Crippen MR) is 29.2 cm³/mol. The van der Waals surface area contributed by atoms with E-state index in [2.05, 4.69) is 10.9 Å². The van der Waals surface area contributed by atoms with Crippen molar-refractivity contribution in [3.63, 3.8) is 0 Å². The lowest BCUT2D eigenvalue weighted by molar-refractivity contribution is -0.100. The maximum atomic E-state index is 8.84. The minimum Gasteiger partial charge on any atom is -0.389 e. The quantitative estimate of drug-likeness (QED) is 0.246. The van der Waals surface area contributed by atoms with E-state index in [1.54, 1.807) is 0 Å². The van der Waals surface area contributed by atoms with Gasteiger partial charge in [-0.05, 0) is 0 Å². The number of aliphatic hydroxyl groups excluding tert-OH is 3. The molecular weight excluding hydrogens is 124 g/mol. The highest BCUT2D eigenvalue weighted by Crippen LogP contribution is 1.99. The average molecular weight is 134 g/mol. The highest BCUT2D eigenvalue weighted by Gasteiger charge is 2.27. The second-order valence-corrected chi connectivity index (χ2v) is 2.03. The number of rotatable bonds is 0. The first-order valence-corrected chi connectivity index (χ1v) is 2.74. The summed E-state index contributed by atoms with van der Waals surface area (Å²) in [6.45, 7) is 0.248. The standard InChI is InChI=1S/C4H10N2O3/c7-2-1-5-6-4(9)3(2)8/h2-9H,1H2. The molecule has 1 aliphatic rings. The van der Waals surface area contributed by atoms with Gasteiger partial charge in [-0.3, -0.25) is 5.43 Å². The van der Waals surface area contributed by atoms with Crippen LogP contribution >= 0.6 is 0 Å². The Morgan fingerprint density at radius 1 is 1.22 bits per heavy atom. The van der Waals surface area contributed by atoms with Gasteiger partial charge in [-0.2, -0.15) is 0 Å². The van der Waals surface area contributed by atoms with Gasteiger partial charge in [0.2, 0.25) is 0 Å². The molecule has 0 amide bonds. The molecule has 0 aromatic heterocycles. The molecule has 1 aliphatic heterocycles. The molecule has 1 heterocycles. The molecule has 54 valence electrons. The van der Waals surface area contributed by atoms with E-state index in [1.165, 1.54) is 0 Å². The van der Waals surface area contributed by atoms with Crippen molar-refractivity contribution in [1.82, 2.24) is 10.9 Å². The van der Waals surface area contributed by atoms with Gasteiger partial charge in [-0.1, -0.05) is 0 Å². The maximum absolute atomic E-state index is 8.84. The monoisotopic (exact) mass is 134 g/mol. The van der Waals surface area contributed by atoms with Crippen LogP contribution in [-0.4, -0.2) is 40.3 Å². The first-order chi connectivity index (χ1) is 4.22. The summed E-state index contributed by atoms with van der Waals surface area (Å²) in [6.07, 6.45) is -3.05. The van der Waals surface area contributed by atoms with Gasteiger partial charge >= 0.3 is 0 Å². The minimum atomic E-state index is -1.09. The van der Waals surface area contributed by atoms with Gasteiger partial charge in [-0.15, -0.1) is 0 Å². The molecule has 1 fully saturated rings. The van der Waals surface area contributed by atoms with Crippen LogP contribution in [0.5, 0.6) is 0 Å². The number of β-amino-alcohol motifs (C(OH)–C–C–N with tert-alkyl or cyclic N) is 1. The third-order valence-electron chi connectivity index (χ3n) is 1.28. The zero-order chi connectivity index (χ0) is 6.85. The summed E-state index contributed by atoms with van der Waals surface area (Å²) in [5.74, 6) is 0. The molecule has 0 aromatic carbocycles. The molecule has 0 saturated carbocycles. The van der Waals surface area contributed by atoms with Crippen molar-refractivity contribution in [2.45, 2.75) is 18.4 Å². The maximum Gasteiger partial charge on any atom is 0.145 e. The van der Waals surface area contributed by atoms with Gasteiger partial charge < -0.3 is 15.3 Å². The number of aliphatic hydroxyl groups is 3. The largest absolute Gasteiger partial charge is 0.389 e. The summed E-state index contributed by atoms with van der Waals surface area (Å²) in [5, 5.41) is 26.4. The molecule has 3 unspecified atom stereocenters. The zero-order valence-electron chi connectivity index (χ0n) is 4.78. The van der Waals surface area contributed by atoms with E-state index in [0.717, 1.165) is 0 Å². The van der Waals surface area contributed by atoms with Crippen LogP contribution in [0.3, 0.4) is 0 Å². The van der Waals surface area contributed by atoms with E-state index in [1.807, 2.05) is 0 Å². The van der Waals surface area contributed by atoms with Gasteiger partial charge in [0.05, 0.1) is 6.10 Å². The Labute approximate surface area is 52.3 Å². The lowest BCUT2D eigenvalue weighted by atomic mass is 10.1. The molecule has 9 heavy (non-hydrogen) atoms. The second kappa shape index (κ2) is 2.59. The van der Waals surface area contributed by atoms with Gasteiger partial charge in [0.25, 0.3) is 0 Å². The van der Waals surface area contributed by atoms with Crippen LogP contribution in [0.15, 0.2) is 0 Å². The van der Waals surface area contributed by atoms with Crippen molar-refractivity contribution >= 4 is 0 Å². The molecule has 5 nitrogen and oxygen atoms in total. The fourth-order valence-corrected chi connectivity index (χ4v) is 0.685. The molecule has 3 atom stereocenters. The number of nitrogens with one attached hydrogen (secondary N) is 2. The van der Waals surface area contributed by atoms with E-state index in [0.29, 0.717) is 0 Å². The first kappa shape index (κ1) is 6.91. The lowest BCUT2D eigenvalue weighted by Crippen LogP contribution is -2.60. The second-order valence-electron chi connectivity index (χ2n) is 2.03. The third-order valence-corrected chi connectivity index (χ3v) is 1.28. The topological polar surface area (TPSA) is 84.8 Å². The lowest BCUT2D eigenvalue weighted by Gasteiger charge is -2.29. The van der Waals surface area contributed by atoms with Crippen molar-refractivity contribution in [1.29, 1.82) is 0 Å². The summed E-state index contributed by atoms with van der Waals surface area (Å²) < 4.78 is 0. The van der Waals surface area contributed by atoms with Crippen LogP contribution in [0.1, 0.15) is 0 Å². The van der Waals surface area contributed by atoms with Gasteiger partial charge in [0.15, 0.2) is 0 Å². The molecule has 0 aliphatic carbocycles. The van der Waals surface area contributed by atoms with Gasteiger partial charge in [-0.25, -0.2) is 5.43 Å². The molecule has 0 radical (unpaired) electrons. The Morgan fingerprint density at radius 3 is 2.33 bits per heavy atom. The highest BCUT2D eigenvalue weighted by molar-refractivity contribution is 4.78. The smallest absolute Gasteiger partial charge is 0.145 e. The predicted octanol–water partition coefficient (Wildman–Crippen LogP) is -2.87. The fourth-order valence-electron chi connectivity index (χ4n) is 0.685. The molecule has 0 bridgehead atoms. The molecule has 1 rings (SSSR count). The summed E-state index contributed by atoms with van der Waals surface area (Å²) in [4.78, 5) is 0. The Kier molecular flexibility index (Phi) is 1.99. The Hall–Kier alpha value is -0.200. The first-order valence-electron chi connectivity index (χ1n) is 2.74. The van der Waals surface area contributed by atoms with Crippen LogP contribution in [0.2, 0.25) is 0 Å². The zero-order valence-corrected chi connectivity index (χ0v) is 4.78. The van der Waals surface area contributed by atoms with E-state index >= 15 is 0 Å². The van der Waals surface area contributed by atoms with E-state index in [9.17, 15) is 0 Å². The Bertz CT molecular complexity index is 89.8. The summed E-state index contributed by atoms with van der Waals surface area (Å²) in [5.41, 5.74) is 4.86. The van der Waals surface area contributed by atoms with Crippen LogP contribution < -0.4 is 10.9 Å². The SMILES string of the molecule is OC1CNNC(O)C1O. The van der Waals surface area contributed by atoms with Crippen LogP contribution in [-0.2, 0) is 0 Å². The van der Waals surface area contributed by atoms with E-state index in [-0.39, 0.29) is 6.54 Å². The normalized spacial score (nSPS) is 45.0. The highest BCUT2D eigenvalue weighted by atomic mass is 16.4. The Balaban J connectivity index is 2.41.